The van der Waals surface area contributed by atoms with E-state index in [1.54, 1.807) is 5.48 Å². The number of hydrogen-bond donors (Lipinski definition) is 4. The second-order valence-corrected chi connectivity index (χ2v) is 7.47. The lowest BCUT2D eigenvalue weighted by Crippen LogP contribution is -2.43. The highest BCUT2D eigenvalue weighted by Gasteiger charge is 2.24. The number of benzene rings is 2. The minimum absolute atomic E-state index is 0.119. The van der Waals surface area contributed by atoms with Gasteiger partial charge in [0.15, 0.2) is 0 Å². The van der Waals surface area contributed by atoms with Crippen molar-refractivity contribution in [1.29, 1.82) is 0 Å². The summed E-state index contributed by atoms with van der Waals surface area (Å²) in [7, 11) is 0. The number of amides is 2. The zero-order valence-electron chi connectivity index (χ0n) is 16.2. The summed E-state index contributed by atoms with van der Waals surface area (Å²) in [6, 6.07) is 16.6. The molecule has 0 unspecified atom stereocenters. The molecule has 0 bridgehead atoms. The predicted octanol–water partition coefficient (Wildman–Crippen LogP) is 2.89. The van der Waals surface area contributed by atoms with Crippen LogP contribution in [-0.4, -0.2) is 34.8 Å². The molecule has 0 saturated heterocycles. The number of hydroxylamine groups is 1. The van der Waals surface area contributed by atoms with E-state index in [1.807, 2.05) is 54.6 Å². The van der Waals surface area contributed by atoms with Crippen LogP contribution in [0.1, 0.15) is 30.4 Å². The highest BCUT2D eigenvalue weighted by Crippen LogP contribution is 2.17. The van der Waals surface area contributed by atoms with Gasteiger partial charge in [-0.3, -0.25) is 14.8 Å². The largest absolute Gasteiger partial charge is 0.394 e. The van der Waals surface area contributed by atoms with Crippen LogP contribution >= 0.6 is 11.6 Å². The van der Waals surface area contributed by atoms with Crippen LogP contribution in [0.25, 0.3) is 0 Å². The molecule has 156 valence electrons. The molecule has 0 saturated carbocycles. The first-order valence-corrected chi connectivity index (χ1v) is 10.0. The van der Waals surface area contributed by atoms with Crippen molar-refractivity contribution in [2.45, 2.75) is 38.1 Å². The lowest BCUT2D eigenvalue weighted by Gasteiger charge is -2.21. The van der Waals surface area contributed by atoms with Gasteiger partial charge >= 0.3 is 0 Å². The molecule has 0 spiro atoms. The fourth-order valence-electron chi connectivity index (χ4n) is 3.18. The fraction of sp³-hybridized carbons (Fsp3) is 0.364. The van der Waals surface area contributed by atoms with Gasteiger partial charge in [0.05, 0.1) is 12.6 Å². The van der Waals surface area contributed by atoms with Gasteiger partial charge in [0.1, 0.15) is 0 Å². The summed E-state index contributed by atoms with van der Waals surface area (Å²) in [5.41, 5.74) is 3.68. The van der Waals surface area contributed by atoms with Crippen molar-refractivity contribution in [2.75, 3.05) is 6.61 Å². The van der Waals surface area contributed by atoms with Crippen LogP contribution in [0.4, 0.5) is 0 Å². The monoisotopic (exact) mass is 418 g/mol. The van der Waals surface area contributed by atoms with E-state index in [1.165, 1.54) is 0 Å². The third kappa shape index (κ3) is 8.23. The molecule has 0 aliphatic carbocycles. The summed E-state index contributed by atoms with van der Waals surface area (Å²) in [5.74, 6) is -1.51. The highest BCUT2D eigenvalue weighted by atomic mass is 35.5. The van der Waals surface area contributed by atoms with Crippen LogP contribution in [-0.2, 0) is 22.4 Å². The van der Waals surface area contributed by atoms with E-state index in [9.17, 15) is 14.7 Å². The number of aliphatic hydroxyl groups is 1. The Morgan fingerprint density at radius 1 is 1.00 bits per heavy atom. The molecule has 0 aromatic heterocycles. The fourth-order valence-corrected chi connectivity index (χ4v) is 3.30. The Labute approximate surface area is 175 Å². The smallest absolute Gasteiger partial charge is 0.244 e. The summed E-state index contributed by atoms with van der Waals surface area (Å²) in [4.78, 5) is 24.4. The Balaban J connectivity index is 1.94. The Bertz CT molecular complexity index is 768. The van der Waals surface area contributed by atoms with E-state index in [0.29, 0.717) is 24.3 Å². The quantitative estimate of drug-likeness (QED) is 0.333. The predicted molar refractivity (Wildman–Crippen MR) is 112 cm³/mol. The van der Waals surface area contributed by atoms with Crippen LogP contribution < -0.4 is 10.8 Å². The average molecular weight is 419 g/mol. The van der Waals surface area contributed by atoms with Crippen molar-refractivity contribution in [3.63, 3.8) is 0 Å². The second-order valence-electron chi connectivity index (χ2n) is 7.03. The average Bonchev–Trinajstić information content (AvgIpc) is 2.74. The molecule has 4 N–H and O–H groups in total. The molecule has 0 fully saturated rings. The van der Waals surface area contributed by atoms with Gasteiger partial charge in [0.2, 0.25) is 11.8 Å². The first-order chi connectivity index (χ1) is 14.0. The first-order valence-electron chi connectivity index (χ1n) is 9.64. The van der Waals surface area contributed by atoms with E-state index in [4.69, 9.17) is 16.8 Å². The van der Waals surface area contributed by atoms with Crippen molar-refractivity contribution in [3.8, 4) is 0 Å². The Morgan fingerprint density at radius 3 is 2.31 bits per heavy atom. The van der Waals surface area contributed by atoms with Gasteiger partial charge in [-0.05, 0) is 48.9 Å². The molecule has 0 heterocycles. The molecule has 2 aromatic carbocycles. The maximum absolute atomic E-state index is 12.7. The van der Waals surface area contributed by atoms with E-state index in [0.717, 1.165) is 17.5 Å². The van der Waals surface area contributed by atoms with Gasteiger partial charge in [0, 0.05) is 17.4 Å². The van der Waals surface area contributed by atoms with Crippen molar-refractivity contribution in [1.82, 2.24) is 10.8 Å². The normalized spacial score (nSPS) is 12.8. The standard InChI is InChI=1S/C22H27ClN2O4/c23-19-11-9-16(10-12-19)7-4-8-18(14-21(27)25-29)22(28)24-20(15-26)13-17-5-2-1-3-6-17/h1-3,5-6,9-12,18,20,26,29H,4,7-8,13-15H2,(H,24,28)(H,25,27)/t18-,20+/m1/s1. The number of aryl methyl sites for hydroxylation is 1. The van der Waals surface area contributed by atoms with Crippen LogP contribution in [0.5, 0.6) is 0 Å². The summed E-state index contributed by atoms with van der Waals surface area (Å²) < 4.78 is 0. The number of halogens is 1. The summed E-state index contributed by atoms with van der Waals surface area (Å²) in [5, 5.41) is 22.0. The maximum atomic E-state index is 12.7. The SMILES string of the molecule is O=C(C[C@@H](CCCc1ccc(Cl)cc1)C(=O)N[C@H](CO)Cc1ccccc1)NO. The van der Waals surface area contributed by atoms with Crippen molar-refractivity contribution >= 4 is 23.4 Å². The van der Waals surface area contributed by atoms with Crippen molar-refractivity contribution < 1.29 is 19.9 Å². The molecular formula is C22H27ClN2O4. The molecule has 0 aliphatic heterocycles. The zero-order chi connectivity index (χ0) is 21.1. The Kier molecular flexibility index (Phi) is 9.64. The molecule has 0 aliphatic rings. The number of rotatable bonds is 11. The van der Waals surface area contributed by atoms with E-state index in [2.05, 4.69) is 5.32 Å². The van der Waals surface area contributed by atoms with Gasteiger partial charge in [-0.2, -0.15) is 0 Å². The molecule has 0 radical (unpaired) electrons. The lowest BCUT2D eigenvalue weighted by molar-refractivity contribution is -0.135. The molecule has 6 nitrogen and oxygen atoms in total. The maximum Gasteiger partial charge on any atom is 0.244 e. The molecule has 7 heteroatoms. The molecule has 2 aromatic rings. The summed E-state index contributed by atoms with van der Waals surface area (Å²) in [6.07, 6.45) is 2.29. The molecule has 29 heavy (non-hydrogen) atoms. The van der Waals surface area contributed by atoms with E-state index in [-0.39, 0.29) is 18.9 Å². The van der Waals surface area contributed by atoms with Crippen molar-refractivity contribution in [2.24, 2.45) is 5.92 Å². The van der Waals surface area contributed by atoms with Crippen LogP contribution in [0.2, 0.25) is 5.02 Å². The second kappa shape index (κ2) is 12.2. The topological polar surface area (TPSA) is 98.7 Å². The van der Waals surface area contributed by atoms with Gasteiger partial charge in [-0.15, -0.1) is 0 Å². The van der Waals surface area contributed by atoms with Crippen LogP contribution in [0.3, 0.4) is 0 Å². The number of aliphatic hydroxyl groups excluding tert-OH is 1. The number of hydrogen-bond acceptors (Lipinski definition) is 4. The zero-order valence-corrected chi connectivity index (χ0v) is 16.9. The van der Waals surface area contributed by atoms with Crippen molar-refractivity contribution in [3.05, 3.63) is 70.7 Å². The van der Waals surface area contributed by atoms with Gasteiger partial charge in [0.25, 0.3) is 0 Å². The van der Waals surface area contributed by atoms with Gasteiger partial charge < -0.3 is 10.4 Å². The lowest BCUT2D eigenvalue weighted by atomic mass is 9.94. The molecule has 2 amide bonds. The Hall–Kier alpha value is -2.41. The third-order valence-corrected chi connectivity index (χ3v) is 5.00. The minimum Gasteiger partial charge on any atom is -0.394 e. The van der Waals surface area contributed by atoms with Crippen LogP contribution in [0.15, 0.2) is 54.6 Å². The summed E-state index contributed by atoms with van der Waals surface area (Å²) >= 11 is 5.89. The van der Waals surface area contributed by atoms with E-state index >= 15 is 0 Å². The number of carbonyl (C=O) groups is 2. The minimum atomic E-state index is -0.611. The number of carbonyl (C=O) groups excluding carboxylic acids is 2. The molecule has 2 atom stereocenters. The van der Waals surface area contributed by atoms with Gasteiger partial charge in [-0.1, -0.05) is 54.1 Å². The van der Waals surface area contributed by atoms with Crippen LogP contribution in [0, 0.1) is 5.92 Å². The first kappa shape index (κ1) is 22.9. The van der Waals surface area contributed by atoms with E-state index < -0.39 is 17.9 Å². The highest BCUT2D eigenvalue weighted by molar-refractivity contribution is 6.30. The summed E-state index contributed by atoms with van der Waals surface area (Å²) in [6.45, 7) is -0.204. The third-order valence-electron chi connectivity index (χ3n) is 4.75. The molecule has 2 rings (SSSR count). The molecular weight excluding hydrogens is 392 g/mol. The Morgan fingerprint density at radius 2 is 1.69 bits per heavy atom. The van der Waals surface area contributed by atoms with Gasteiger partial charge in [-0.25, -0.2) is 5.48 Å². The number of nitrogens with one attached hydrogen (secondary N) is 2.